The van der Waals surface area contributed by atoms with Gasteiger partial charge in [-0.1, -0.05) is 5.16 Å². The molecule has 0 unspecified atom stereocenters. The molecule has 0 radical (unpaired) electrons. The summed E-state index contributed by atoms with van der Waals surface area (Å²) >= 11 is 0. The number of hydrogen-bond acceptors (Lipinski definition) is 6. The molecule has 3 rings (SSSR count). The van der Waals surface area contributed by atoms with Crippen molar-refractivity contribution in [3.8, 4) is 11.7 Å². The van der Waals surface area contributed by atoms with E-state index in [1.54, 1.807) is 6.92 Å². The Hall–Kier alpha value is -1.69. The van der Waals surface area contributed by atoms with Gasteiger partial charge in [-0.3, -0.25) is 0 Å². The highest BCUT2D eigenvalue weighted by Crippen LogP contribution is 2.27. The van der Waals surface area contributed by atoms with Gasteiger partial charge in [-0.25, -0.2) is 4.98 Å². The maximum absolute atomic E-state index is 5.44. The maximum atomic E-state index is 5.44. The van der Waals surface area contributed by atoms with Crippen LogP contribution in [0.5, 0.6) is 0 Å². The first-order valence-corrected chi connectivity index (χ1v) is 5.60. The van der Waals surface area contributed by atoms with Crippen LogP contribution < -0.4 is 0 Å². The smallest absolute Gasteiger partial charge is 0.295 e. The summed E-state index contributed by atoms with van der Waals surface area (Å²) < 4.78 is 15.9. The molecule has 1 saturated heterocycles. The summed E-state index contributed by atoms with van der Waals surface area (Å²) in [5.74, 6) is 2.47. The van der Waals surface area contributed by atoms with Crippen LogP contribution in [-0.4, -0.2) is 28.3 Å². The fourth-order valence-corrected chi connectivity index (χ4v) is 1.96. The molecule has 90 valence electrons. The standard InChI is InChI=1S/C11H13N3O3/c1-6-9(16-7(2)12-6)11-13-10(14-17-11)8-3-4-15-5-8/h8H,3-5H2,1-2H3/t8-/m0/s1. The average Bonchev–Trinajstić information content (AvgIpc) is 2.97. The lowest BCUT2D eigenvalue weighted by Crippen LogP contribution is -1.99. The Balaban J connectivity index is 1.91. The van der Waals surface area contributed by atoms with Crippen LogP contribution in [0.15, 0.2) is 8.94 Å². The minimum Gasteiger partial charge on any atom is -0.436 e. The molecule has 3 heterocycles. The Morgan fingerprint density at radius 2 is 2.12 bits per heavy atom. The van der Waals surface area contributed by atoms with Crippen molar-refractivity contribution in [3.05, 3.63) is 17.4 Å². The van der Waals surface area contributed by atoms with Crippen LogP contribution in [0.25, 0.3) is 11.7 Å². The first-order chi connectivity index (χ1) is 8.24. The second-order valence-electron chi connectivity index (χ2n) is 4.17. The number of rotatable bonds is 2. The fraction of sp³-hybridized carbons (Fsp3) is 0.545. The van der Waals surface area contributed by atoms with Crippen molar-refractivity contribution in [3.63, 3.8) is 0 Å². The van der Waals surface area contributed by atoms with Gasteiger partial charge in [0.2, 0.25) is 5.76 Å². The first-order valence-electron chi connectivity index (χ1n) is 5.60. The van der Waals surface area contributed by atoms with Gasteiger partial charge in [0, 0.05) is 19.4 Å². The summed E-state index contributed by atoms with van der Waals surface area (Å²) in [6, 6.07) is 0. The van der Waals surface area contributed by atoms with Gasteiger partial charge in [0.1, 0.15) is 0 Å². The number of nitrogens with zero attached hydrogens (tertiary/aromatic N) is 3. The fourth-order valence-electron chi connectivity index (χ4n) is 1.96. The Bertz CT molecular complexity index is 526. The molecular weight excluding hydrogens is 222 g/mol. The van der Waals surface area contributed by atoms with Gasteiger partial charge in [0.15, 0.2) is 11.7 Å². The summed E-state index contributed by atoms with van der Waals surface area (Å²) in [4.78, 5) is 8.52. The van der Waals surface area contributed by atoms with Crippen molar-refractivity contribution in [1.29, 1.82) is 0 Å². The average molecular weight is 235 g/mol. The molecule has 2 aromatic heterocycles. The molecule has 0 N–H and O–H groups in total. The summed E-state index contributed by atoms with van der Waals surface area (Å²) in [6.07, 6.45) is 0.938. The van der Waals surface area contributed by atoms with Crippen LogP contribution in [0.1, 0.15) is 29.7 Å². The van der Waals surface area contributed by atoms with Gasteiger partial charge in [0.25, 0.3) is 5.89 Å². The number of oxazole rings is 1. The highest BCUT2D eigenvalue weighted by Gasteiger charge is 2.25. The highest BCUT2D eigenvalue weighted by atomic mass is 16.5. The molecule has 1 atom stereocenters. The lowest BCUT2D eigenvalue weighted by Gasteiger charge is -1.97. The van der Waals surface area contributed by atoms with Gasteiger partial charge >= 0.3 is 0 Å². The molecule has 6 heteroatoms. The van der Waals surface area contributed by atoms with Crippen molar-refractivity contribution in [2.45, 2.75) is 26.2 Å². The number of hydrogen-bond donors (Lipinski definition) is 0. The summed E-state index contributed by atoms with van der Waals surface area (Å²) in [5, 5.41) is 3.97. The monoisotopic (exact) mass is 235 g/mol. The van der Waals surface area contributed by atoms with Gasteiger partial charge in [-0.05, 0) is 13.3 Å². The van der Waals surface area contributed by atoms with Crippen molar-refractivity contribution in [2.75, 3.05) is 13.2 Å². The zero-order valence-corrected chi connectivity index (χ0v) is 9.77. The molecular formula is C11H13N3O3. The Labute approximate surface area is 98.0 Å². The highest BCUT2D eigenvalue weighted by molar-refractivity contribution is 5.47. The van der Waals surface area contributed by atoms with Crippen molar-refractivity contribution in [1.82, 2.24) is 15.1 Å². The van der Waals surface area contributed by atoms with E-state index in [9.17, 15) is 0 Å². The Morgan fingerprint density at radius 1 is 1.24 bits per heavy atom. The third-order valence-electron chi connectivity index (χ3n) is 2.83. The van der Waals surface area contributed by atoms with E-state index in [1.165, 1.54) is 0 Å². The van der Waals surface area contributed by atoms with Gasteiger partial charge < -0.3 is 13.7 Å². The zero-order chi connectivity index (χ0) is 11.8. The second kappa shape index (κ2) is 3.96. The molecule has 0 amide bonds. The van der Waals surface area contributed by atoms with Gasteiger partial charge in [-0.15, -0.1) is 0 Å². The molecule has 1 aliphatic heterocycles. The van der Waals surface area contributed by atoms with E-state index in [4.69, 9.17) is 13.7 Å². The second-order valence-corrected chi connectivity index (χ2v) is 4.17. The number of aromatic nitrogens is 3. The predicted octanol–water partition coefficient (Wildman–Crippen LogP) is 1.85. The van der Waals surface area contributed by atoms with E-state index < -0.39 is 0 Å². The van der Waals surface area contributed by atoms with E-state index in [-0.39, 0.29) is 5.92 Å². The minimum atomic E-state index is 0.233. The van der Waals surface area contributed by atoms with Crippen molar-refractivity contribution < 1.29 is 13.7 Å². The zero-order valence-electron chi connectivity index (χ0n) is 9.77. The van der Waals surface area contributed by atoms with Crippen LogP contribution >= 0.6 is 0 Å². The molecule has 0 bridgehead atoms. The summed E-state index contributed by atoms with van der Waals surface area (Å²) in [5.41, 5.74) is 0.764. The molecule has 1 fully saturated rings. The SMILES string of the molecule is Cc1nc(C)c(-c2nc([C@H]3CCOC3)no2)o1. The molecule has 0 saturated carbocycles. The third kappa shape index (κ3) is 1.84. The summed E-state index contributed by atoms with van der Waals surface area (Å²) in [6.45, 7) is 5.06. The van der Waals surface area contributed by atoms with Crippen LogP contribution in [0.3, 0.4) is 0 Å². The first kappa shape index (κ1) is 10.5. The molecule has 2 aromatic rings. The maximum Gasteiger partial charge on any atom is 0.295 e. The Morgan fingerprint density at radius 3 is 2.76 bits per heavy atom. The van der Waals surface area contributed by atoms with Crippen LogP contribution in [0, 0.1) is 13.8 Å². The summed E-state index contributed by atoms with van der Waals surface area (Å²) in [7, 11) is 0. The Kier molecular flexibility index (Phi) is 2.44. The van der Waals surface area contributed by atoms with E-state index in [1.807, 2.05) is 6.92 Å². The molecule has 17 heavy (non-hydrogen) atoms. The topological polar surface area (TPSA) is 74.2 Å². The van der Waals surface area contributed by atoms with E-state index in [2.05, 4.69) is 15.1 Å². The quantitative estimate of drug-likeness (QED) is 0.790. The third-order valence-corrected chi connectivity index (χ3v) is 2.83. The molecule has 0 aliphatic carbocycles. The van der Waals surface area contributed by atoms with Crippen molar-refractivity contribution in [2.24, 2.45) is 0 Å². The molecule has 0 aromatic carbocycles. The van der Waals surface area contributed by atoms with Gasteiger partial charge in [-0.2, -0.15) is 4.98 Å². The van der Waals surface area contributed by atoms with Crippen LogP contribution in [-0.2, 0) is 4.74 Å². The van der Waals surface area contributed by atoms with E-state index in [0.717, 1.165) is 18.7 Å². The lowest BCUT2D eigenvalue weighted by atomic mass is 10.1. The largest absolute Gasteiger partial charge is 0.436 e. The molecule has 1 aliphatic rings. The minimum absolute atomic E-state index is 0.233. The number of aryl methyl sites for hydroxylation is 2. The molecule has 0 spiro atoms. The van der Waals surface area contributed by atoms with E-state index >= 15 is 0 Å². The van der Waals surface area contributed by atoms with E-state index in [0.29, 0.717) is 30.0 Å². The normalized spacial score (nSPS) is 20.0. The van der Waals surface area contributed by atoms with Gasteiger partial charge in [0.05, 0.1) is 12.3 Å². The predicted molar refractivity (Wildman–Crippen MR) is 57.4 cm³/mol. The number of ether oxygens (including phenoxy) is 1. The van der Waals surface area contributed by atoms with Crippen LogP contribution in [0.2, 0.25) is 0 Å². The van der Waals surface area contributed by atoms with Crippen molar-refractivity contribution >= 4 is 0 Å². The lowest BCUT2D eigenvalue weighted by molar-refractivity contribution is 0.192. The van der Waals surface area contributed by atoms with Crippen LogP contribution in [0.4, 0.5) is 0 Å². The molecule has 6 nitrogen and oxygen atoms in total.